The van der Waals surface area contributed by atoms with E-state index in [1.54, 1.807) is 6.07 Å². The predicted octanol–water partition coefficient (Wildman–Crippen LogP) is 2.56. The topological polar surface area (TPSA) is 70.2 Å². The average Bonchev–Trinajstić information content (AvgIpc) is 2.98. The Labute approximate surface area is 152 Å². The number of rotatable bonds is 5. The summed E-state index contributed by atoms with van der Waals surface area (Å²) in [5.41, 5.74) is 3.50. The van der Waals surface area contributed by atoms with Gasteiger partial charge < -0.3 is 15.0 Å². The zero-order chi connectivity index (χ0) is 18.8. The highest BCUT2D eigenvalue weighted by atomic mass is 19.1. The van der Waals surface area contributed by atoms with E-state index in [9.17, 15) is 9.18 Å². The Morgan fingerprint density at radius 1 is 1.42 bits per heavy atom. The van der Waals surface area contributed by atoms with Crippen LogP contribution in [0.4, 0.5) is 4.39 Å². The minimum absolute atomic E-state index is 0.0417. The fourth-order valence-corrected chi connectivity index (χ4v) is 3.30. The molecule has 0 spiro atoms. The van der Waals surface area contributed by atoms with Gasteiger partial charge in [0.25, 0.3) is 5.91 Å². The summed E-state index contributed by atoms with van der Waals surface area (Å²) in [4.78, 5) is 14.4. The first-order chi connectivity index (χ1) is 12.3. The molecule has 0 bridgehead atoms. The Kier molecular flexibility index (Phi) is 5.38. The number of fused-ring (bicyclic) bond motifs is 1. The summed E-state index contributed by atoms with van der Waals surface area (Å²) in [5, 5.41) is 9.90. The summed E-state index contributed by atoms with van der Waals surface area (Å²) in [7, 11) is 3.79. The Bertz CT molecular complexity index is 803. The van der Waals surface area contributed by atoms with Crippen molar-refractivity contribution in [3.63, 3.8) is 0 Å². The van der Waals surface area contributed by atoms with Crippen molar-refractivity contribution in [2.24, 2.45) is 0 Å². The summed E-state index contributed by atoms with van der Waals surface area (Å²) in [6, 6.07) is 5.06. The van der Waals surface area contributed by atoms with E-state index in [-0.39, 0.29) is 30.5 Å². The van der Waals surface area contributed by atoms with E-state index in [4.69, 9.17) is 4.74 Å². The second-order valence-electron chi connectivity index (χ2n) is 7.10. The summed E-state index contributed by atoms with van der Waals surface area (Å²) in [5.74, 6) is -0.524. The summed E-state index contributed by atoms with van der Waals surface area (Å²) in [6.45, 7) is 4.70. The highest BCUT2D eigenvalue weighted by Crippen LogP contribution is 2.30. The molecule has 0 radical (unpaired) electrons. The molecule has 140 valence electrons. The maximum absolute atomic E-state index is 14.1. The van der Waals surface area contributed by atoms with E-state index in [0.717, 1.165) is 11.3 Å². The molecule has 7 heteroatoms. The van der Waals surface area contributed by atoms with Crippen molar-refractivity contribution in [3.8, 4) is 0 Å². The second kappa shape index (κ2) is 7.55. The quantitative estimate of drug-likeness (QED) is 0.860. The largest absolute Gasteiger partial charge is 0.369 e. The molecule has 1 amide bonds. The van der Waals surface area contributed by atoms with Gasteiger partial charge in [-0.05, 0) is 39.6 Å². The number of ether oxygens (including phenoxy) is 1. The van der Waals surface area contributed by atoms with E-state index in [1.165, 1.54) is 6.07 Å². The van der Waals surface area contributed by atoms with Crippen LogP contribution in [-0.2, 0) is 24.2 Å². The maximum Gasteiger partial charge on any atom is 0.272 e. The first kappa shape index (κ1) is 18.5. The van der Waals surface area contributed by atoms with E-state index in [2.05, 4.69) is 15.5 Å². The molecule has 2 heterocycles. The Balaban J connectivity index is 1.68. The highest BCUT2D eigenvalue weighted by molar-refractivity contribution is 5.94. The number of carbonyl (C=O) groups excluding carboxylic acids is 1. The molecule has 1 aromatic carbocycles. The van der Waals surface area contributed by atoms with Crippen molar-refractivity contribution in [2.75, 3.05) is 14.1 Å². The van der Waals surface area contributed by atoms with Gasteiger partial charge in [0.1, 0.15) is 5.82 Å². The van der Waals surface area contributed by atoms with Crippen LogP contribution in [0, 0.1) is 5.82 Å². The van der Waals surface area contributed by atoms with Crippen molar-refractivity contribution in [3.05, 3.63) is 52.1 Å². The number of H-pyrrole nitrogens is 1. The van der Waals surface area contributed by atoms with Crippen LogP contribution >= 0.6 is 0 Å². The van der Waals surface area contributed by atoms with Crippen LogP contribution in [-0.4, -0.2) is 41.2 Å². The molecule has 2 aromatic rings. The molecule has 2 atom stereocenters. The van der Waals surface area contributed by atoms with Gasteiger partial charge in [0.15, 0.2) is 5.69 Å². The first-order valence-electron chi connectivity index (χ1n) is 8.78. The normalized spacial score (nSPS) is 19.5. The zero-order valence-corrected chi connectivity index (χ0v) is 15.6. The average molecular weight is 360 g/mol. The lowest BCUT2D eigenvalue weighted by Gasteiger charge is -2.25. The van der Waals surface area contributed by atoms with Crippen LogP contribution in [0.3, 0.4) is 0 Å². The minimum atomic E-state index is -0.262. The monoisotopic (exact) mass is 360 g/mol. The van der Waals surface area contributed by atoms with Gasteiger partial charge >= 0.3 is 0 Å². The Morgan fingerprint density at radius 3 is 2.88 bits per heavy atom. The SMILES string of the molecule is C[C@@H]1Cc2c(C(=O)NCc3ccc(CN(C)C)c(F)c3)n[nH]c2[C@H](C)O1. The molecular formula is C19H25FN4O2. The van der Waals surface area contributed by atoms with E-state index in [1.807, 2.05) is 38.9 Å². The standard InChI is InChI=1S/C19H25FN4O2/c1-11-7-15-17(12(2)26-11)22-23-18(15)19(25)21-9-13-5-6-14(10-24(3)4)16(20)8-13/h5-6,8,11-12H,7,9-10H2,1-4H3,(H,21,25)(H,22,23)/t11-,12+/m1/s1. The Morgan fingerprint density at radius 2 is 2.19 bits per heavy atom. The molecule has 0 aliphatic carbocycles. The number of hydrogen-bond acceptors (Lipinski definition) is 4. The summed E-state index contributed by atoms with van der Waals surface area (Å²) >= 11 is 0. The van der Waals surface area contributed by atoms with Crippen LogP contribution in [0.1, 0.15) is 52.8 Å². The van der Waals surface area contributed by atoms with Gasteiger partial charge in [-0.15, -0.1) is 0 Å². The van der Waals surface area contributed by atoms with Gasteiger partial charge in [-0.1, -0.05) is 12.1 Å². The van der Waals surface area contributed by atoms with E-state index in [0.29, 0.717) is 29.8 Å². The van der Waals surface area contributed by atoms with Crippen molar-refractivity contribution < 1.29 is 13.9 Å². The fraction of sp³-hybridized carbons (Fsp3) is 0.474. The van der Waals surface area contributed by atoms with E-state index >= 15 is 0 Å². The molecule has 6 nitrogen and oxygen atoms in total. The van der Waals surface area contributed by atoms with Gasteiger partial charge in [-0.2, -0.15) is 5.10 Å². The van der Waals surface area contributed by atoms with Crippen LogP contribution in [0.15, 0.2) is 18.2 Å². The number of nitrogens with zero attached hydrogens (tertiary/aromatic N) is 2. The van der Waals surface area contributed by atoms with Gasteiger partial charge in [-0.3, -0.25) is 9.89 Å². The minimum Gasteiger partial charge on any atom is -0.369 e. The number of hydrogen-bond donors (Lipinski definition) is 2. The molecule has 0 saturated carbocycles. The summed E-state index contributed by atoms with van der Waals surface area (Å²) < 4.78 is 19.9. The van der Waals surface area contributed by atoms with Gasteiger partial charge in [0.2, 0.25) is 0 Å². The Hall–Kier alpha value is -2.25. The lowest BCUT2D eigenvalue weighted by molar-refractivity contribution is -0.00697. The van der Waals surface area contributed by atoms with Crippen LogP contribution in [0.5, 0.6) is 0 Å². The number of amides is 1. The van der Waals surface area contributed by atoms with E-state index < -0.39 is 0 Å². The maximum atomic E-state index is 14.1. The summed E-state index contributed by atoms with van der Waals surface area (Å²) in [6.07, 6.45) is 0.577. The third kappa shape index (κ3) is 3.94. The molecule has 0 fully saturated rings. The third-order valence-corrected chi connectivity index (χ3v) is 4.51. The number of benzene rings is 1. The molecule has 1 aliphatic rings. The van der Waals surface area contributed by atoms with Gasteiger partial charge in [-0.25, -0.2) is 4.39 Å². The third-order valence-electron chi connectivity index (χ3n) is 4.51. The lowest BCUT2D eigenvalue weighted by Crippen LogP contribution is -2.27. The predicted molar refractivity (Wildman–Crippen MR) is 96.2 cm³/mol. The van der Waals surface area contributed by atoms with Gasteiger partial charge in [0, 0.05) is 30.6 Å². The van der Waals surface area contributed by atoms with Crippen LogP contribution in [0.25, 0.3) is 0 Å². The number of aromatic amines is 1. The molecule has 0 saturated heterocycles. The van der Waals surface area contributed by atoms with Crippen LogP contribution < -0.4 is 5.32 Å². The molecule has 1 aromatic heterocycles. The van der Waals surface area contributed by atoms with Crippen LogP contribution in [0.2, 0.25) is 0 Å². The molecule has 1 aliphatic heterocycles. The number of halogens is 1. The van der Waals surface area contributed by atoms with Crippen molar-refractivity contribution in [1.82, 2.24) is 20.4 Å². The molecule has 3 rings (SSSR count). The van der Waals surface area contributed by atoms with Gasteiger partial charge in [0.05, 0.1) is 17.9 Å². The lowest BCUT2D eigenvalue weighted by atomic mass is 9.99. The number of carbonyl (C=O) groups is 1. The fourth-order valence-electron chi connectivity index (χ4n) is 3.30. The smallest absolute Gasteiger partial charge is 0.272 e. The number of nitrogens with one attached hydrogen (secondary N) is 2. The molecular weight excluding hydrogens is 335 g/mol. The number of aromatic nitrogens is 2. The second-order valence-corrected chi connectivity index (χ2v) is 7.10. The zero-order valence-electron chi connectivity index (χ0n) is 15.6. The van der Waals surface area contributed by atoms with Crippen molar-refractivity contribution >= 4 is 5.91 Å². The molecule has 26 heavy (non-hydrogen) atoms. The molecule has 0 unspecified atom stereocenters. The van der Waals surface area contributed by atoms with Crippen molar-refractivity contribution in [2.45, 2.75) is 45.6 Å². The molecule has 2 N–H and O–H groups in total. The van der Waals surface area contributed by atoms with Crippen molar-refractivity contribution in [1.29, 1.82) is 0 Å². The highest BCUT2D eigenvalue weighted by Gasteiger charge is 2.29. The first-order valence-corrected chi connectivity index (χ1v) is 8.78.